The van der Waals surface area contributed by atoms with E-state index in [2.05, 4.69) is 30.1 Å². The number of hydrogen-bond donors (Lipinski definition) is 2. The number of nitrogens with zero attached hydrogens (tertiary/aromatic N) is 1. The maximum Gasteiger partial charge on any atom is 0.106 e. The zero-order chi connectivity index (χ0) is 13.8. The Morgan fingerprint density at radius 2 is 2.32 bits per heavy atom. The molecule has 1 saturated heterocycles. The fourth-order valence-electron chi connectivity index (χ4n) is 2.79. The second-order valence-electron chi connectivity index (χ2n) is 5.22. The normalized spacial score (nSPS) is 19.6. The number of thiocarbonyl (C=S) groups is 1. The van der Waals surface area contributed by atoms with Gasteiger partial charge in [-0.25, -0.2) is 0 Å². The van der Waals surface area contributed by atoms with E-state index in [0.29, 0.717) is 11.0 Å². The average molecular weight is 277 g/mol. The minimum absolute atomic E-state index is 0.460. The lowest BCUT2D eigenvalue weighted by atomic mass is 10.1. The monoisotopic (exact) mass is 277 g/mol. The third-order valence-corrected chi connectivity index (χ3v) is 4.09. The van der Waals surface area contributed by atoms with Crippen LogP contribution in [0.3, 0.4) is 0 Å². The van der Waals surface area contributed by atoms with Crippen molar-refractivity contribution < 1.29 is 0 Å². The second-order valence-corrected chi connectivity index (χ2v) is 5.66. The van der Waals surface area contributed by atoms with Crippen molar-refractivity contribution in [1.82, 2.24) is 4.90 Å². The van der Waals surface area contributed by atoms with Gasteiger partial charge in [0.15, 0.2) is 0 Å². The Bertz CT molecular complexity index is 459. The number of anilines is 1. The summed E-state index contributed by atoms with van der Waals surface area (Å²) in [6.07, 6.45) is 2.57. The van der Waals surface area contributed by atoms with Gasteiger partial charge in [0, 0.05) is 23.8 Å². The quantitative estimate of drug-likeness (QED) is 0.812. The van der Waals surface area contributed by atoms with Gasteiger partial charge < -0.3 is 11.1 Å². The van der Waals surface area contributed by atoms with Crippen LogP contribution in [0.1, 0.15) is 30.9 Å². The smallest absolute Gasteiger partial charge is 0.106 e. The first-order valence-corrected chi connectivity index (χ1v) is 7.41. The molecule has 0 saturated carbocycles. The summed E-state index contributed by atoms with van der Waals surface area (Å²) in [7, 11) is 0. The largest absolute Gasteiger partial charge is 0.389 e. The van der Waals surface area contributed by atoms with Gasteiger partial charge in [0.25, 0.3) is 0 Å². The van der Waals surface area contributed by atoms with Crippen molar-refractivity contribution in [1.29, 1.82) is 0 Å². The second kappa shape index (κ2) is 6.35. The molecule has 2 rings (SSSR count). The summed E-state index contributed by atoms with van der Waals surface area (Å²) in [5.41, 5.74) is 9.02. The lowest BCUT2D eigenvalue weighted by Gasteiger charge is -2.24. The molecule has 4 heteroatoms. The van der Waals surface area contributed by atoms with Crippen LogP contribution < -0.4 is 11.1 Å². The molecule has 1 atom stereocenters. The molecule has 3 nitrogen and oxygen atoms in total. The van der Waals surface area contributed by atoms with E-state index in [1.165, 1.54) is 24.9 Å². The lowest BCUT2D eigenvalue weighted by molar-refractivity contribution is 0.277. The maximum absolute atomic E-state index is 5.78. The molecule has 1 aliphatic rings. The number of rotatable bonds is 5. The molecule has 1 aromatic rings. The molecule has 0 amide bonds. The van der Waals surface area contributed by atoms with Gasteiger partial charge in [-0.05, 0) is 50.6 Å². The molecule has 0 aromatic heterocycles. The Morgan fingerprint density at radius 1 is 1.53 bits per heavy atom. The summed E-state index contributed by atoms with van der Waals surface area (Å²) < 4.78 is 0. The highest BCUT2D eigenvalue weighted by molar-refractivity contribution is 7.80. The van der Waals surface area contributed by atoms with Crippen molar-refractivity contribution in [2.24, 2.45) is 5.73 Å². The lowest BCUT2D eigenvalue weighted by Crippen LogP contribution is -2.35. The van der Waals surface area contributed by atoms with Gasteiger partial charge in [-0.3, -0.25) is 4.90 Å². The van der Waals surface area contributed by atoms with Crippen molar-refractivity contribution >= 4 is 22.9 Å². The summed E-state index contributed by atoms with van der Waals surface area (Å²) in [4.78, 5) is 2.99. The predicted octanol–water partition coefficient (Wildman–Crippen LogP) is 2.53. The van der Waals surface area contributed by atoms with E-state index in [0.717, 1.165) is 24.3 Å². The van der Waals surface area contributed by atoms with Crippen LogP contribution in [0.15, 0.2) is 18.2 Å². The average Bonchev–Trinajstić information content (AvgIpc) is 2.83. The molecule has 104 valence electrons. The van der Waals surface area contributed by atoms with E-state index in [9.17, 15) is 0 Å². The van der Waals surface area contributed by atoms with Gasteiger partial charge in [0.1, 0.15) is 4.99 Å². The molecule has 1 fully saturated rings. The Kier molecular flexibility index (Phi) is 4.77. The van der Waals surface area contributed by atoms with Gasteiger partial charge in [0.2, 0.25) is 0 Å². The summed E-state index contributed by atoms with van der Waals surface area (Å²) in [6, 6.07) is 6.81. The number of likely N-dealkylation sites (N-methyl/N-ethyl adjacent to an activating group) is 1. The van der Waals surface area contributed by atoms with Gasteiger partial charge in [-0.2, -0.15) is 0 Å². The molecule has 1 unspecified atom stereocenters. The van der Waals surface area contributed by atoms with Gasteiger partial charge in [-0.1, -0.05) is 25.2 Å². The summed E-state index contributed by atoms with van der Waals surface area (Å²) >= 11 is 5.12. The number of nitrogens with one attached hydrogen (secondary N) is 1. The van der Waals surface area contributed by atoms with Crippen LogP contribution in [0.25, 0.3) is 0 Å². The van der Waals surface area contributed by atoms with Crippen LogP contribution in [-0.4, -0.2) is 35.6 Å². The fourth-order valence-corrected chi connectivity index (χ4v) is 2.97. The number of likely N-dealkylation sites (tertiary alicyclic amines) is 1. The van der Waals surface area contributed by atoms with Crippen molar-refractivity contribution in [3.05, 3.63) is 29.3 Å². The Hall–Kier alpha value is -1.13. The summed E-state index contributed by atoms with van der Waals surface area (Å²) in [5, 5.41) is 3.53. The highest BCUT2D eigenvalue weighted by atomic mass is 32.1. The van der Waals surface area contributed by atoms with Crippen LogP contribution >= 0.6 is 12.2 Å². The minimum Gasteiger partial charge on any atom is -0.389 e. The number of benzene rings is 1. The van der Waals surface area contributed by atoms with E-state index < -0.39 is 0 Å². The van der Waals surface area contributed by atoms with Crippen LogP contribution in [0.5, 0.6) is 0 Å². The molecule has 0 bridgehead atoms. The zero-order valence-electron chi connectivity index (χ0n) is 11.8. The first-order valence-electron chi connectivity index (χ1n) is 7.00. The zero-order valence-corrected chi connectivity index (χ0v) is 12.6. The summed E-state index contributed by atoms with van der Waals surface area (Å²) in [6.45, 7) is 7.63. The number of hydrogen-bond acceptors (Lipinski definition) is 3. The standard InChI is InChI=1S/C15H23N3S/c1-3-18-8-4-5-12(18)10-17-14-9-11(2)6-7-13(14)15(16)19/h6-7,9,12,17H,3-5,8,10H2,1-2H3,(H2,16,19). The van der Waals surface area contributed by atoms with E-state index in [-0.39, 0.29) is 0 Å². The molecule has 1 aromatic carbocycles. The van der Waals surface area contributed by atoms with Crippen molar-refractivity contribution in [3.8, 4) is 0 Å². The van der Waals surface area contributed by atoms with Crippen molar-refractivity contribution in [2.75, 3.05) is 25.0 Å². The van der Waals surface area contributed by atoms with Crippen LogP contribution in [0, 0.1) is 6.92 Å². The fraction of sp³-hybridized carbons (Fsp3) is 0.533. The predicted molar refractivity (Wildman–Crippen MR) is 85.8 cm³/mol. The topological polar surface area (TPSA) is 41.3 Å². The number of nitrogens with two attached hydrogens (primary N) is 1. The van der Waals surface area contributed by atoms with Crippen LogP contribution in [0.2, 0.25) is 0 Å². The van der Waals surface area contributed by atoms with E-state index in [4.69, 9.17) is 18.0 Å². The first kappa shape index (κ1) is 14.3. The first-order chi connectivity index (χ1) is 9.11. The molecule has 3 N–H and O–H groups in total. The number of aryl methyl sites for hydroxylation is 1. The molecule has 1 aliphatic heterocycles. The Balaban J connectivity index is 2.06. The van der Waals surface area contributed by atoms with Gasteiger partial charge >= 0.3 is 0 Å². The molecular formula is C15H23N3S. The van der Waals surface area contributed by atoms with Gasteiger partial charge in [-0.15, -0.1) is 0 Å². The van der Waals surface area contributed by atoms with Gasteiger partial charge in [0.05, 0.1) is 0 Å². The summed E-state index contributed by atoms with van der Waals surface area (Å²) in [5.74, 6) is 0. The third-order valence-electron chi connectivity index (χ3n) is 3.87. The van der Waals surface area contributed by atoms with Crippen molar-refractivity contribution in [2.45, 2.75) is 32.7 Å². The molecule has 0 aliphatic carbocycles. The molecule has 1 heterocycles. The SMILES string of the molecule is CCN1CCCC1CNc1cc(C)ccc1C(N)=S. The maximum atomic E-state index is 5.78. The molecule has 0 spiro atoms. The van der Waals surface area contributed by atoms with Crippen LogP contribution in [0.4, 0.5) is 5.69 Å². The Morgan fingerprint density at radius 3 is 3.00 bits per heavy atom. The van der Waals surface area contributed by atoms with E-state index in [1.807, 2.05) is 12.1 Å². The highest BCUT2D eigenvalue weighted by Crippen LogP contribution is 2.21. The van der Waals surface area contributed by atoms with E-state index in [1.54, 1.807) is 0 Å². The molecular weight excluding hydrogens is 254 g/mol. The van der Waals surface area contributed by atoms with Crippen molar-refractivity contribution in [3.63, 3.8) is 0 Å². The van der Waals surface area contributed by atoms with E-state index >= 15 is 0 Å². The third kappa shape index (κ3) is 3.45. The minimum atomic E-state index is 0.460. The molecule has 0 radical (unpaired) electrons. The Labute approximate surface area is 121 Å². The van der Waals surface area contributed by atoms with Crippen LogP contribution in [-0.2, 0) is 0 Å². The molecule has 19 heavy (non-hydrogen) atoms. The highest BCUT2D eigenvalue weighted by Gasteiger charge is 2.22.